The summed E-state index contributed by atoms with van der Waals surface area (Å²) in [5.74, 6) is 2.32. The molecular formula is C15H30N4. The zero-order chi connectivity index (χ0) is 14.4. The molecule has 0 aromatic carbocycles. The van der Waals surface area contributed by atoms with E-state index in [1.54, 1.807) is 0 Å². The van der Waals surface area contributed by atoms with Crippen LogP contribution >= 0.6 is 0 Å². The molecule has 1 heterocycles. The molecule has 1 unspecified atom stereocenters. The lowest BCUT2D eigenvalue weighted by atomic mass is 10.0. The van der Waals surface area contributed by atoms with Crippen molar-refractivity contribution in [2.45, 2.75) is 46.7 Å². The first-order valence-electron chi connectivity index (χ1n) is 7.30. The maximum atomic E-state index is 4.46. The Bertz CT molecular complexity index is 345. The summed E-state index contributed by atoms with van der Waals surface area (Å²) < 4.78 is 2.22. The lowest BCUT2D eigenvalue weighted by molar-refractivity contribution is 0.354. The number of hydrogen-bond acceptors (Lipinski definition) is 3. The largest absolute Gasteiger partial charge is 0.352 e. The second-order valence-corrected chi connectivity index (χ2v) is 6.53. The van der Waals surface area contributed by atoms with Crippen molar-refractivity contribution in [1.82, 2.24) is 14.5 Å². The third-order valence-corrected chi connectivity index (χ3v) is 2.95. The molecule has 0 aliphatic heterocycles. The van der Waals surface area contributed by atoms with Gasteiger partial charge in [-0.2, -0.15) is 0 Å². The van der Waals surface area contributed by atoms with Crippen LogP contribution < -0.4 is 5.32 Å². The molecule has 110 valence electrons. The van der Waals surface area contributed by atoms with E-state index >= 15 is 0 Å². The molecule has 1 rings (SSSR count). The van der Waals surface area contributed by atoms with Crippen LogP contribution in [-0.4, -0.2) is 41.1 Å². The minimum atomic E-state index is 0.448. The van der Waals surface area contributed by atoms with Crippen molar-refractivity contribution in [3.8, 4) is 0 Å². The first kappa shape index (κ1) is 16.0. The van der Waals surface area contributed by atoms with E-state index in [1.165, 1.54) is 0 Å². The van der Waals surface area contributed by atoms with Gasteiger partial charge in [0.2, 0.25) is 5.95 Å². The van der Waals surface area contributed by atoms with Crippen LogP contribution in [-0.2, 0) is 6.54 Å². The average Bonchev–Trinajstić information content (AvgIpc) is 2.62. The van der Waals surface area contributed by atoms with Gasteiger partial charge in [0.1, 0.15) is 0 Å². The minimum absolute atomic E-state index is 0.448. The van der Waals surface area contributed by atoms with E-state index in [0.29, 0.717) is 17.9 Å². The molecule has 0 saturated heterocycles. The fourth-order valence-corrected chi connectivity index (χ4v) is 2.36. The van der Waals surface area contributed by atoms with Crippen LogP contribution in [0.4, 0.5) is 5.95 Å². The van der Waals surface area contributed by atoms with Crippen LogP contribution in [0.1, 0.15) is 34.1 Å². The Labute approximate surface area is 118 Å². The van der Waals surface area contributed by atoms with Crippen LogP contribution in [0, 0.1) is 11.8 Å². The third kappa shape index (κ3) is 6.10. The molecule has 0 aliphatic carbocycles. The molecule has 1 aromatic rings. The van der Waals surface area contributed by atoms with Crippen LogP contribution in [0.25, 0.3) is 0 Å². The highest BCUT2D eigenvalue weighted by Gasteiger charge is 2.14. The second-order valence-electron chi connectivity index (χ2n) is 6.53. The fourth-order valence-electron chi connectivity index (χ4n) is 2.36. The zero-order valence-corrected chi connectivity index (χ0v) is 13.3. The average molecular weight is 266 g/mol. The van der Waals surface area contributed by atoms with Gasteiger partial charge in [-0.1, -0.05) is 27.7 Å². The smallest absolute Gasteiger partial charge is 0.203 e. The summed E-state index contributed by atoms with van der Waals surface area (Å²) in [6.45, 7) is 11.0. The van der Waals surface area contributed by atoms with Gasteiger partial charge in [-0.15, -0.1) is 0 Å². The van der Waals surface area contributed by atoms with Gasteiger partial charge >= 0.3 is 0 Å². The van der Waals surface area contributed by atoms with Crippen LogP contribution in [0.3, 0.4) is 0 Å². The molecule has 0 saturated carbocycles. The Morgan fingerprint density at radius 1 is 1.21 bits per heavy atom. The Hall–Kier alpha value is -1.03. The van der Waals surface area contributed by atoms with E-state index in [-0.39, 0.29) is 0 Å². The quantitative estimate of drug-likeness (QED) is 0.785. The Kier molecular flexibility index (Phi) is 6.35. The van der Waals surface area contributed by atoms with E-state index in [0.717, 1.165) is 25.5 Å². The summed E-state index contributed by atoms with van der Waals surface area (Å²) in [5.41, 5.74) is 0. The zero-order valence-electron chi connectivity index (χ0n) is 13.3. The van der Waals surface area contributed by atoms with Crippen LogP contribution in [0.2, 0.25) is 0 Å². The van der Waals surface area contributed by atoms with Crippen molar-refractivity contribution in [2.75, 3.05) is 26.0 Å². The molecule has 0 amide bonds. The molecule has 0 fully saturated rings. The number of nitrogens with one attached hydrogen (secondary N) is 1. The molecule has 0 aliphatic rings. The van der Waals surface area contributed by atoms with Crippen molar-refractivity contribution in [1.29, 1.82) is 0 Å². The number of nitrogens with zero attached hydrogens (tertiary/aromatic N) is 3. The van der Waals surface area contributed by atoms with Crippen LogP contribution in [0.5, 0.6) is 0 Å². The SMILES string of the molecule is CC(C)CC(CN(C)C)Nc1nccn1CC(C)C. The van der Waals surface area contributed by atoms with Crippen LogP contribution in [0.15, 0.2) is 12.4 Å². The normalized spacial score (nSPS) is 13.5. The lowest BCUT2D eigenvalue weighted by Gasteiger charge is -2.25. The summed E-state index contributed by atoms with van der Waals surface area (Å²) in [5, 5.41) is 3.61. The van der Waals surface area contributed by atoms with Crippen molar-refractivity contribution >= 4 is 5.95 Å². The summed E-state index contributed by atoms with van der Waals surface area (Å²) >= 11 is 0. The molecule has 0 radical (unpaired) electrons. The van der Waals surface area contributed by atoms with E-state index in [9.17, 15) is 0 Å². The first-order valence-corrected chi connectivity index (χ1v) is 7.30. The molecule has 1 N–H and O–H groups in total. The van der Waals surface area contributed by atoms with Crippen molar-refractivity contribution in [2.24, 2.45) is 11.8 Å². The summed E-state index contributed by atoms with van der Waals surface area (Å²) in [6.07, 6.45) is 5.10. The third-order valence-electron chi connectivity index (χ3n) is 2.95. The molecule has 19 heavy (non-hydrogen) atoms. The van der Waals surface area contributed by atoms with Crippen molar-refractivity contribution in [3.63, 3.8) is 0 Å². The number of aromatic nitrogens is 2. The summed E-state index contributed by atoms with van der Waals surface area (Å²) in [7, 11) is 4.24. The van der Waals surface area contributed by atoms with Gasteiger partial charge in [0.05, 0.1) is 0 Å². The molecule has 0 bridgehead atoms. The standard InChI is InChI=1S/C15H30N4/c1-12(2)9-14(11-18(5)6)17-15-16-7-8-19(15)10-13(3)4/h7-8,12-14H,9-11H2,1-6H3,(H,16,17). The predicted molar refractivity (Wildman–Crippen MR) is 82.5 cm³/mol. The lowest BCUT2D eigenvalue weighted by Crippen LogP contribution is -2.34. The maximum absolute atomic E-state index is 4.46. The topological polar surface area (TPSA) is 33.1 Å². The molecule has 1 aromatic heterocycles. The van der Waals surface area contributed by atoms with Gasteiger partial charge in [-0.25, -0.2) is 4.98 Å². The van der Waals surface area contributed by atoms with Gasteiger partial charge in [0.15, 0.2) is 0 Å². The fraction of sp³-hybridized carbons (Fsp3) is 0.800. The maximum Gasteiger partial charge on any atom is 0.203 e. The summed E-state index contributed by atoms with van der Waals surface area (Å²) in [6, 6.07) is 0.448. The minimum Gasteiger partial charge on any atom is -0.352 e. The number of anilines is 1. The van der Waals surface area contributed by atoms with E-state index in [1.807, 2.05) is 6.20 Å². The number of hydrogen-bond donors (Lipinski definition) is 1. The Balaban J connectivity index is 2.69. The van der Waals surface area contributed by atoms with Gasteiger partial charge < -0.3 is 14.8 Å². The second kappa shape index (κ2) is 7.53. The van der Waals surface area contributed by atoms with E-state index in [4.69, 9.17) is 0 Å². The molecule has 1 atom stereocenters. The van der Waals surface area contributed by atoms with Gasteiger partial charge in [0, 0.05) is 31.5 Å². The molecule has 4 nitrogen and oxygen atoms in total. The monoisotopic (exact) mass is 266 g/mol. The van der Waals surface area contributed by atoms with Gasteiger partial charge in [-0.05, 0) is 32.4 Å². The number of rotatable bonds is 8. The first-order chi connectivity index (χ1) is 8.88. The molecule has 0 spiro atoms. The highest BCUT2D eigenvalue weighted by Crippen LogP contribution is 2.14. The Morgan fingerprint density at radius 3 is 2.42 bits per heavy atom. The van der Waals surface area contributed by atoms with E-state index in [2.05, 4.69) is 67.8 Å². The highest BCUT2D eigenvalue weighted by molar-refractivity contribution is 5.27. The molecular weight excluding hydrogens is 236 g/mol. The Morgan fingerprint density at radius 2 is 1.89 bits per heavy atom. The number of likely N-dealkylation sites (N-methyl/N-ethyl adjacent to an activating group) is 1. The summed E-state index contributed by atoms with van der Waals surface area (Å²) in [4.78, 5) is 6.69. The van der Waals surface area contributed by atoms with Gasteiger partial charge in [-0.3, -0.25) is 0 Å². The molecule has 4 heteroatoms. The highest BCUT2D eigenvalue weighted by atomic mass is 15.2. The predicted octanol–water partition coefficient (Wildman–Crippen LogP) is 2.93. The van der Waals surface area contributed by atoms with E-state index < -0.39 is 0 Å². The number of imidazole rings is 1. The van der Waals surface area contributed by atoms with Gasteiger partial charge in [0.25, 0.3) is 0 Å². The van der Waals surface area contributed by atoms with Crippen molar-refractivity contribution in [3.05, 3.63) is 12.4 Å². The van der Waals surface area contributed by atoms with Crippen molar-refractivity contribution < 1.29 is 0 Å².